The summed E-state index contributed by atoms with van der Waals surface area (Å²) in [6.07, 6.45) is -2.05. The lowest BCUT2D eigenvalue weighted by atomic mass is 10.0. The van der Waals surface area contributed by atoms with E-state index in [1.807, 2.05) is 4.90 Å². The van der Waals surface area contributed by atoms with Gasteiger partial charge in [0.25, 0.3) is 0 Å². The zero-order valence-electron chi connectivity index (χ0n) is 21.4. The Balaban J connectivity index is 1.63. The Morgan fingerprint density at radius 2 is 1.76 bits per heavy atom. The number of hydrogen-bond acceptors (Lipinski definition) is 7. The summed E-state index contributed by atoms with van der Waals surface area (Å²) in [6.45, 7) is 2.31. The topological polar surface area (TPSA) is 73.8 Å². The number of anilines is 1. The number of carbonyl (C=O) groups is 1. The molecule has 1 atom stereocenters. The molecule has 1 aromatic heterocycles. The standard InChI is InChI=1S/C28H28F3N3O4/c1-16(35)38-19-9-10-34(15-19)18-7-8-24(28(29,30)31)23(13-18)27-32-25-6-4-5-22(25)26(33-27)17-11-20(36-2)14-21(12-17)37-3/h7-8,11-14,19H,4-6,9-10,15H2,1-3H3. The molecule has 1 fully saturated rings. The first kappa shape index (κ1) is 25.8. The molecule has 0 spiro atoms. The highest BCUT2D eigenvalue weighted by Crippen LogP contribution is 2.41. The number of nitrogens with zero attached hydrogens (tertiary/aromatic N) is 3. The highest BCUT2D eigenvalue weighted by molar-refractivity contribution is 5.74. The van der Waals surface area contributed by atoms with Crippen molar-refractivity contribution in [2.75, 3.05) is 32.2 Å². The highest BCUT2D eigenvalue weighted by atomic mass is 19.4. The minimum Gasteiger partial charge on any atom is -0.497 e. The average molecular weight is 528 g/mol. The lowest BCUT2D eigenvalue weighted by Crippen LogP contribution is -2.24. The molecule has 0 bridgehead atoms. The minimum atomic E-state index is -4.60. The molecule has 38 heavy (non-hydrogen) atoms. The maximum atomic E-state index is 14.2. The quantitative estimate of drug-likeness (QED) is 0.393. The summed E-state index contributed by atoms with van der Waals surface area (Å²) < 4.78 is 58.7. The smallest absolute Gasteiger partial charge is 0.417 e. The number of esters is 1. The van der Waals surface area contributed by atoms with E-state index < -0.39 is 11.7 Å². The Labute approximate surface area is 218 Å². The number of hydrogen-bond donors (Lipinski definition) is 0. The molecule has 0 saturated carbocycles. The van der Waals surface area contributed by atoms with Gasteiger partial charge in [0.1, 0.15) is 17.6 Å². The number of carbonyl (C=O) groups excluding carboxylic acids is 1. The number of methoxy groups -OCH3 is 2. The highest BCUT2D eigenvalue weighted by Gasteiger charge is 2.36. The number of halogens is 3. The van der Waals surface area contributed by atoms with Gasteiger partial charge in [0, 0.05) is 54.0 Å². The summed E-state index contributed by atoms with van der Waals surface area (Å²) in [5.74, 6) is 0.756. The van der Waals surface area contributed by atoms with E-state index in [0.29, 0.717) is 54.4 Å². The fraction of sp³-hybridized carbons (Fsp3) is 0.393. The lowest BCUT2D eigenvalue weighted by molar-refractivity contribution is -0.145. The van der Waals surface area contributed by atoms with E-state index in [0.717, 1.165) is 30.2 Å². The minimum absolute atomic E-state index is 0.0207. The molecule has 2 heterocycles. The van der Waals surface area contributed by atoms with Gasteiger partial charge in [-0.1, -0.05) is 0 Å². The second-order valence-corrected chi connectivity index (χ2v) is 9.47. The molecular formula is C28H28F3N3O4. The summed E-state index contributed by atoms with van der Waals surface area (Å²) >= 11 is 0. The molecule has 1 aliphatic carbocycles. The van der Waals surface area contributed by atoms with Gasteiger partial charge in [-0.05, 0) is 49.6 Å². The van der Waals surface area contributed by atoms with E-state index in [1.54, 1.807) is 32.4 Å². The van der Waals surface area contributed by atoms with Crippen molar-refractivity contribution in [1.29, 1.82) is 0 Å². The van der Waals surface area contributed by atoms with Crippen LogP contribution in [0.15, 0.2) is 36.4 Å². The van der Waals surface area contributed by atoms with Crippen LogP contribution < -0.4 is 14.4 Å². The molecule has 0 N–H and O–H groups in total. The van der Waals surface area contributed by atoms with Gasteiger partial charge in [-0.15, -0.1) is 0 Å². The summed E-state index contributed by atoms with van der Waals surface area (Å²) in [5.41, 5.74) is 2.65. The van der Waals surface area contributed by atoms with Crippen LogP contribution in [0.1, 0.15) is 36.6 Å². The molecule has 2 aromatic carbocycles. The first-order valence-corrected chi connectivity index (χ1v) is 12.4. The first-order chi connectivity index (χ1) is 18.2. The third kappa shape index (κ3) is 5.12. The van der Waals surface area contributed by atoms with Crippen LogP contribution in [0.25, 0.3) is 22.6 Å². The SMILES string of the molecule is COc1cc(OC)cc(-c2nc(-c3cc(N4CCC(OC(C)=O)C4)ccc3C(F)(F)F)nc3c2CCC3)c1. The van der Waals surface area contributed by atoms with Crippen molar-refractivity contribution in [3.8, 4) is 34.1 Å². The largest absolute Gasteiger partial charge is 0.497 e. The summed E-state index contributed by atoms with van der Waals surface area (Å²) in [7, 11) is 3.08. The van der Waals surface area contributed by atoms with Crippen molar-refractivity contribution < 1.29 is 32.2 Å². The van der Waals surface area contributed by atoms with Crippen LogP contribution in [0.2, 0.25) is 0 Å². The van der Waals surface area contributed by atoms with Crippen LogP contribution in [0.4, 0.5) is 18.9 Å². The third-order valence-corrected chi connectivity index (χ3v) is 6.95. The molecule has 2 aliphatic rings. The average Bonchev–Trinajstić information content (AvgIpc) is 3.56. The molecule has 10 heteroatoms. The Bertz CT molecular complexity index is 1350. The Morgan fingerprint density at radius 3 is 2.42 bits per heavy atom. The van der Waals surface area contributed by atoms with E-state index in [4.69, 9.17) is 19.2 Å². The number of ether oxygens (including phenoxy) is 3. The van der Waals surface area contributed by atoms with Crippen molar-refractivity contribution in [2.24, 2.45) is 0 Å². The first-order valence-electron chi connectivity index (χ1n) is 12.4. The van der Waals surface area contributed by atoms with E-state index >= 15 is 0 Å². The van der Waals surface area contributed by atoms with Crippen molar-refractivity contribution in [3.05, 3.63) is 53.2 Å². The van der Waals surface area contributed by atoms with Crippen LogP contribution in [0.5, 0.6) is 11.5 Å². The Morgan fingerprint density at radius 1 is 1.03 bits per heavy atom. The summed E-state index contributed by atoms with van der Waals surface area (Å²) in [4.78, 5) is 22.6. The van der Waals surface area contributed by atoms with Gasteiger partial charge in [-0.3, -0.25) is 4.79 Å². The normalized spacial score (nSPS) is 16.9. The van der Waals surface area contributed by atoms with Gasteiger partial charge in [0.05, 0.1) is 32.0 Å². The van der Waals surface area contributed by atoms with Gasteiger partial charge in [-0.25, -0.2) is 9.97 Å². The molecule has 5 rings (SSSR count). The maximum absolute atomic E-state index is 14.2. The van der Waals surface area contributed by atoms with E-state index in [1.165, 1.54) is 19.1 Å². The van der Waals surface area contributed by atoms with Crippen LogP contribution >= 0.6 is 0 Å². The second kappa shape index (κ2) is 10.2. The van der Waals surface area contributed by atoms with Gasteiger partial charge in [0.15, 0.2) is 5.82 Å². The zero-order valence-corrected chi connectivity index (χ0v) is 21.4. The number of benzene rings is 2. The molecule has 1 saturated heterocycles. The Hall–Kier alpha value is -3.82. The van der Waals surface area contributed by atoms with Gasteiger partial charge in [0.2, 0.25) is 0 Å². The molecule has 1 aliphatic heterocycles. The molecule has 3 aromatic rings. The molecule has 7 nitrogen and oxygen atoms in total. The van der Waals surface area contributed by atoms with Gasteiger partial charge < -0.3 is 19.1 Å². The van der Waals surface area contributed by atoms with Crippen LogP contribution in [-0.2, 0) is 28.5 Å². The molecule has 0 amide bonds. The second-order valence-electron chi connectivity index (χ2n) is 9.47. The molecule has 1 unspecified atom stereocenters. The fourth-order valence-electron chi connectivity index (χ4n) is 5.19. The van der Waals surface area contributed by atoms with Crippen LogP contribution in [-0.4, -0.2) is 49.4 Å². The van der Waals surface area contributed by atoms with Crippen LogP contribution in [0.3, 0.4) is 0 Å². The fourth-order valence-corrected chi connectivity index (χ4v) is 5.19. The predicted octanol–water partition coefficient (Wildman–Crippen LogP) is 5.48. The number of aryl methyl sites for hydroxylation is 1. The monoisotopic (exact) mass is 527 g/mol. The number of rotatable bonds is 6. The number of aromatic nitrogens is 2. The van der Waals surface area contributed by atoms with E-state index in [-0.39, 0.29) is 23.5 Å². The summed E-state index contributed by atoms with van der Waals surface area (Å²) in [5, 5.41) is 0. The van der Waals surface area contributed by atoms with Crippen molar-refractivity contribution in [3.63, 3.8) is 0 Å². The third-order valence-electron chi connectivity index (χ3n) is 6.95. The Kier molecular flexibility index (Phi) is 6.90. The summed E-state index contributed by atoms with van der Waals surface area (Å²) in [6, 6.07) is 9.35. The van der Waals surface area contributed by atoms with E-state index in [2.05, 4.69) is 4.98 Å². The number of alkyl halides is 3. The van der Waals surface area contributed by atoms with Crippen LogP contribution in [0, 0.1) is 0 Å². The van der Waals surface area contributed by atoms with Crippen molar-refractivity contribution in [1.82, 2.24) is 9.97 Å². The van der Waals surface area contributed by atoms with Crippen molar-refractivity contribution in [2.45, 2.75) is 44.9 Å². The zero-order chi connectivity index (χ0) is 27.0. The molecule has 0 radical (unpaired) electrons. The molecular weight excluding hydrogens is 499 g/mol. The number of fused-ring (bicyclic) bond motifs is 1. The maximum Gasteiger partial charge on any atom is 0.417 e. The van der Waals surface area contributed by atoms with Gasteiger partial charge in [-0.2, -0.15) is 13.2 Å². The van der Waals surface area contributed by atoms with E-state index in [9.17, 15) is 18.0 Å². The van der Waals surface area contributed by atoms with Gasteiger partial charge >= 0.3 is 12.1 Å². The lowest BCUT2D eigenvalue weighted by Gasteiger charge is -2.22. The predicted molar refractivity (Wildman–Crippen MR) is 135 cm³/mol. The molecule has 200 valence electrons. The van der Waals surface area contributed by atoms with Crippen molar-refractivity contribution >= 4 is 11.7 Å².